The molecule has 0 atom stereocenters. The quantitative estimate of drug-likeness (QED) is 0.310. The molecule has 5 nitrogen and oxygen atoms in total. The number of nitrogens with zero attached hydrogens (tertiary/aromatic N) is 3. The predicted molar refractivity (Wildman–Crippen MR) is 129 cm³/mol. The topological polar surface area (TPSA) is 55.2 Å². The Balaban J connectivity index is 1.47. The summed E-state index contributed by atoms with van der Waals surface area (Å²) in [6, 6.07) is 19.2. The summed E-state index contributed by atoms with van der Waals surface area (Å²) in [6.07, 6.45) is 0.819. The fourth-order valence-electron chi connectivity index (χ4n) is 3.99. The Morgan fingerprint density at radius 2 is 1.82 bits per heavy atom. The number of hydrogen-bond acceptors (Lipinski definition) is 4. The van der Waals surface area contributed by atoms with Gasteiger partial charge >= 0.3 is 0 Å². The first-order chi connectivity index (χ1) is 16.0. The first-order valence-corrected chi connectivity index (χ1v) is 11.8. The van der Waals surface area contributed by atoms with E-state index in [4.69, 9.17) is 11.6 Å². The van der Waals surface area contributed by atoms with E-state index in [9.17, 15) is 14.0 Å². The van der Waals surface area contributed by atoms with Crippen LogP contribution >= 0.6 is 23.4 Å². The van der Waals surface area contributed by atoms with E-state index in [0.29, 0.717) is 34.8 Å². The maximum absolute atomic E-state index is 13.7. The second-order valence-electron chi connectivity index (χ2n) is 7.77. The molecule has 0 aliphatic carbocycles. The van der Waals surface area contributed by atoms with Crippen molar-refractivity contribution in [2.75, 3.05) is 12.3 Å². The van der Waals surface area contributed by atoms with Crippen LogP contribution in [0.2, 0.25) is 5.02 Å². The number of amides is 1. The SMILES string of the molecule is O=C(CSc1nc2ccccc2c(=O)n1-c1ccc(F)c(Cl)c1)N1CCc2ccccc2C1. The van der Waals surface area contributed by atoms with Crippen molar-refractivity contribution in [3.63, 3.8) is 0 Å². The molecule has 2 heterocycles. The Morgan fingerprint density at radius 1 is 1.06 bits per heavy atom. The minimum atomic E-state index is -0.572. The van der Waals surface area contributed by atoms with Crippen molar-refractivity contribution in [1.82, 2.24) is 14.5 Å². The molecular formula is C25H19ClFN3O2S. The number of carbonyl (C=O) groups is 1. The normalized spacial score (nSPS) is 13.2. The Labute approximate surface area is 198 Å². The average Bonchev–Trinajstić information content (AvgIpc) is 2.84. The molecule has 1 aliphatic heterocycles. The number of halogens is 2. The summed E-state index contributed by atoms with van der Waals surface area (Å²) < 4.78 is 15.1. The van der Waals surface area contributed by atoms with Gasteiger partial charge in [0.05, 0.1) is 27.4 Å². The smallest absolute Gasteiger partial charge is 0.266 e. The molecule has 1 aliphatic rings. The number of hydrogen-bond donors (Lipinski definition) is 0. The van der Waals surface area contributed by atoms with Crippen LogP contribution in [0.1, 0.15) is 11.1 Å². The highest BCUT2D eigenvalue weighted by molar-refractivity contribution is 7.99. The van der Waals surface area contributed by atoms with E-state index in [1.54, 1.807) is 24.3 Å². The van der Waals surface area contributed by atoms with E-state index < -0.39 is 5.82 Å². The minimum Gasteiger partial charge on any atom is -0.337 e. The van der Waals surface area contributed by atoms with E-state index in [2.05, 4.69) is 11.1 Å². The standard InChI is InChI=1S/C25H19ClFN3O2S/c26-20-13-18(9-10-21(20)27)30-24(32)19-7-3-4-8-22(19)28-25(30)33-15-23(31)29-12-11-16-5-1-2-6-17(16)14-29/h1-10,13H,11-12,14-15H2. The lowest BCUT2D eigenvalue weighted by atomic mass is 10.00. The first-order valence-electron chi connectivity index (χ1n) is 10.5. The van der Waals surface area contributed by atoms with Gasteiger partial charge in [0.1, 0.15) is 5.82 Å². The van der Waals surface area contributed by atoms with Crippen molar-refractivity contribution in [2.45, 2.75) is 18.1 Å². The number of aromatic nitrogens is 2. The fraction of sp³-hybridized carbons (Fsp3) is 0.160. The first kappa shape index (κ1) is 21.7. The molecule has 0 unspecified atom stereocenters. The number of fused-ring (bicyclic) bond motifs is 2. The van der Waals surface area contributed by atoms with Crippen molar-refractivity contribution in [1.29, 1.82) is 0 Å². The third-order valence-electron chi connectivity index (χ3n) is 5.71. The Morgan fingerprint density at radius 3 is 2.64 bits per heavy atom. The summed E-state index contributed by atoms with van der Waals surface area (Å²) in [5.41, 5.74) is 3.06. The lowest BCUT2D eigenvalue weighted by Crippen LogP contribution is -2.37. The van der Waals surface area contributed by atoms with E-state index in [1.165, 1.54) is 40.1 Å². The lowest BCUT2D eigenvalue weighted by molar-refractivity contribution is -0.129. The van der Waals surface area contributed by atoms with Crippen LogP contribution in [0.15, 0.2) is 76.7 Å². The van der Waals surface area contributed by atoms with Gasteiger partial charge in [0, 0.05) is 13.1 Å². The summed E-state index contributed by atoms with van der Waals surface area (Å²) in [7, 11) is 0. The number of para-hydroxylation sites is 1. The molecule has 0 radical (unpaired) electrons. The van der Waals surface area contributed by atoms with Crippen LogP contribution in [0.4, 0.5) is 4.39 Å². The third kappa shape index (κ3) is 4.26. The highest BCUT2D eigenvalue weighted by atomic mass is 35.5. The van der Waals surface area contributed by atoms with Crippen molar-refractivity contribution in [3.8, 4) is 5.69 Å². The number of carbonyl (C=O) groups excluding carboxylic acids is 1. The summed E-state index contributed by atoms with van der Waals surface area (Å²) >= 11 is 7.17. The molecule has 0 saturated heterocycles. The van der Waals surface area contributed by atoms with Crippen molar-refractivity contribution in [2.24, 2.45) is 0 Å². The fourth-order valence-corrected chi connectivity index (χ4v) is 5.08. The average molecular weight is 480 g/mol. The van der Waals surface area contributed by atoms with Crippen LogP contribution in [-0.4, -0.2) is 32.7 Å². The van der Waals surface area contributed by atoms with E-state index in [1.807, 2.05) is 23.1 Å². The van der Waals surface area contributed by atoms with Gasteiger partial charge in [-0.1, -0.05) is 59.8 Å². The van der Waals surface area contributed by atoms with Crippen LogP contribution in [0, 0.1) is 5.82 Å². The molecule has 5 rings (SSSR count). The second kappa shape index (κ2) is 9.00. The van der Waals surface area contributed by atoms with Crippen LogP contribution in [0.25, 0.3) is 16.6 Å². The highest BCUT2D eigenvalue weighted by Gasteiger charge is 2.22. The monoisotopic (exact) mass is 479 g/mol. The van der Waals surface area contributed by atoms with Gasteiger partial charge in [-0.15, -0.1) is 0 Å². The Kier molecular flexibility index (Phi) is 5.91. The van der Waals surface area contributed by atoms with Gasteiger partial charge in [0.2, 0.25) is 5.91 Å². The van der Waals surface area contributed by atoms with Gasteiger partial charge in [0.15, 0.2) is 5.16 Å². The lowest BCUT2D eigenvalue weighted by Gasteiger charge is -2.28. The van der Waals surface area contributed by atoms with Crippen LogP contribution in [0.5, 0.6) is 0 Å². The van der Waals surface area contributed by atoms with Crippen molar-refractivity contribution >= 4 is 40.2 Å². The van der Waals surface area contributed by atoms with Gasteiger partial charge in [-0.05, 0) is 47.9 Å². The summed E-state index contributed by atoms with van der Waals surface area (Å²) in [5, 5.41) is 0.694. The van der Waals surface area contributed by atoms with Crippen LogP contribution in [-0.2, 0) is 17.8 Å². The molecule has 0 N–H and O–H groups in total. The number of thioether (sulfide) groups is 1. The molecule has 0 fully saturated rings. The van der Waals surface area contributed by atoms with Gasteiger partial charge in [-0.3, -0.25) is 14.2 Å². The molecular weight excluding hydrogens is 461 g/mol. The number of rotatable bonds is 4. The molecule has 1 amide bonds. The molecule has 0 bridgehead atoms. The van der Waals surface area contributed by atoms with Crippen molar-refractivity contribution < 1.29 is 9.18 Å². The predicted octanol–water partition coefficient (Wildman–Crippen LogP) is 4.86. The summed E-state index contributed by atoms with van der Waals surface area (Å²) in [5.74, 6) is -0.473. The molecule has 166 valence electrons. The molecule has 3 aromatic carbocycles. The second-order valence-corrected chi connectivity index (χ2v) is 9.12. The maximum Gasteiger partial charge on any atom is 0.266 e. The summed E-state index contributed by atoms with van der Waals surface area (Å²) in [6.45, 7) is 1.23. The molecule has 33 heavy (non-hydrogen) atoms. The maximum atomic E-state index is 13.7. The molecule has 0 spiro atoms. The molecule has 0 saturated carbocycles. The zero-order valence-corrected chi connectivity index (χ0v) is 19.1. The molecule has 1 aromatic heterocycles. The molecule has 8 heteroatoms. The third-order valence-corrected chi connectivity index (χ3v) is 6.93. The van der Waals surface area contributed by atoms with Gasteiger partial charge in [-0.25, -0.2) is 9.37 Å². The van der Waals surface area contributed by atoms with E-state index in [0.717, 1.165) is 12.0 Å². The largest absolute Gasteiger partial charge is 0.337 e. The molecule has 4 aromatic rings. The zero-order chi connectivity index (χ0) is 22.9. The van der Waals surface area contributed by atoms with Crippen LogP contribution in [0.3, 0.4) is 0 Å². The minimum absolute atomic E-state index is 0.0272. The zero-order valence-electron chi connectivity index (χ0n) is 17.5. The number of benzene rings is 3. The van der Waals surface area contributed by atoms with Gasteiger partial charge < -0.3 is 4.90 Å². The van der Waals surface area contributed by atoms with E-state index in [-0.39, 0.29) is 22.2 Å². The Bertz CT molecular complexity index is 1440. The van der Waals surface area contributed by atoms with Crippen LogP contribution < -0.4 is 5.56 Å². The van der Waals surface area contributed by atoms with Gasteiger partial charge in [-0.2, -0.15) is 0 Å². The van der Waals surface area contributed by atoms with Gasteiger partial charge in [0.25, 0.3) is 5.56 Å². The Hall–Kier alpha value is -3.16. The van der Waals surface area contributed by atoms with Crippen molar-refractivity contribution in [3.05, 3.63) is 99.1 Å². The highest BCUT2D eigenvalue weighted by Crippen LogP contribution is 2.25. The summed E-state index contributed by atoms with van der Waals surface area (Å²) in [4.78, 5) is 32.8. The van der Waals surface area contributed by atoms with E-state index >= 15 is 0 Å².